The summed E-state index contributed by atoms with van der Waals surface area (Å²) in [6.45, 7) is -0.0757. The molecule has 0 spiro atoms. The van der Waals surface area contributed by atoms with Gasteiger partial charge in [0.15, 0.2) is 0 Å². The minimum atomic E-state index is -3.98. The molecule has 1 N–H and O–H groups in total. The molecule has 7 nitrogen and oxygen atoms in total. The van der Waals surface area contributed by atoms with Crippen LogP contribution in [0.3, 0.4) is 0 Å². The van der Waals surface area contributed by atoms with E-state index in [1.165, 1.54) is 43.7 Å². The summed E-state index contributed by atoms with van der Waals surface area (Å²) in [4.78, 5) is 11.2. The SMILES string of the molecule is COc1ccc(S(=O)(=O)N2CC=CC=CN2C(=O)O)cc1. The van der Waals surface area contributed by atoms with Crippen LogP contribution in [0.5, 0.6) is 5.75 Å². The molecule has 1 amide bonds. The molecule has 0 aliphatic carbocycles. The minimum absolute atomic E-state index is 0.0155. The third-order valence-corrected chi connectivity index (χ3v) is 4.55. The van der Waals surface area contributed by atoms with E-state index >= 15 is 0 Å². The Morgan fingerprint density at radius 3 is 2.48 bits per heavy atom. The maximum absolute atomic E-state index is 12.6. The van der Waals surface area contributed by atoms with Gasteiger partial charge in [-0.1, -0.05) is 16.6 Å². The van der Waals surface area contributed by atoms with Gasteiger partial charge in [-0.25, -0.2) is 18.2 Å². The predicted octanol–water partition coefficient (Wildman–Crippen LogP) is 1.66. The molecule has 0 saturated heterocycles. The maximum Gasteiger partial charge on any atom is 0.427 e. The molecule has 0 radical (unpaired) electrons. The Kier molecular flexibility index (Phi) is 4.29. The van der Waals surface area contributed by atoms with Crippen molar-refractivity contribution in [3.05, 3.63) is 48.7 Å². The van der Waals surface area contributed by atoms with Crippen LogP contribution in [0.15, 0.2) is 53.6 Å². The zero-order valence-corrected chi connectivity index (χ0v) is 12.0. The lowest BCUT2D eigenvalue weighted by Crippen LogP contribution is -2.45. The molecule has 112 valence electrons. The number of carbonyl (C=O) groups is 1. The molecule has 0 saturated carbocycles. The molecule has 1 aliphatic rings. The van der Waals surface area contributed by atoms with Gasteiger partial charge in [0.1, 0.15) is 5.75 Å². The average Bonchev–Trinajstić information content (AvgIpc) is 2.73. The van der Waals surface area contributed by atoms with Crippen molar-refractivity contribution in [1.82, 2.24) is 9.42 Å². The average molecular weight is 310 g/mol. The van der Waals surface area contributed by atoms with Crippen molar-refractivity contribution in [2.24, 2.45) is 0 Å². The summed E-state index contributed by atoms with van der Waals surface area (Å²) in [7, 11) is -2.51. The zero-order chi connectivity index (χ0) is 15.5. The fourth-order valence-corrected chi connectivity index (χ4v) is 3.13. The van der Waals surface area contributed by atoms with Crippen LogP contribution in [0.4, 0.5) is 4.79 Å². The number of hydrogen-bond acceptors (Lipinski definition) is 4. The Morgan fingerprint density at radius 1 is 1.24 bits per heavy atom. The lowest BCUT2D eigenvalue weighted by atomic mass is 10.3. The van der Waals surface area contributed by atoms with E-state index in [4.69, 9.17) is 9.84 Å². The van der Waals surface area contributed by atoms with Gasteiger partial charge in [0.05, 0.1) is 18.6 Å². The van der Waals surface area contributed by atoms with Gasteiger partial charge in [-0.3, -0.25) is 0 Å². The van der Waals surface area contributed by atoms with Crippen LogP contribution >= 0.6 is 0 Å². The first-order chi connectivity index (χ1) is 9.96. The first-order valence-electron chi connectivity index (χ1n) is 5.99. The Labute approximate surface area is 122 Å². The van der Waals surface area contributed by atoms with Crippen molar-refractivity contribution < 1.29 is 23.1 Å². The van der Waals surface area contributed by atoms with Gasteiger partial charge in [0.2, 0.25) is 0 Å². The Balaban J connectivity index is 2.42. The Morgan fingerprint density at radius 2 is 1.90 bits per heavy atom. The van der Waals surface area contributed by atoms with Gasteiger partial charge in [-0.15, -0.1) is 0 Å². The molecule has 1 aromatic rings. The summed E-state index contributed by atoms with van der Waals surface area (Å²) in [6, 6.07) is 5.74. The van der Waals surface area contributed by atoms with Gasteiger partial charge in [-0.2, -0.15) is 0 Å². The van der Waals surface area contributed by atoms with E-state index in [2.05, 4.69) is 0 Å². The fraction of sp³-hybridized carbons (Fsp3) is 0.154. The Bertz CT molecular complexity index is 679. The number of amides is 1. The second-order valence-electron chi connectivity index (χ2n) is 4.08. The standard InChI is InChI=1S/C13H14N2O5S/c1-20-11-5-7-12(8-6-11)21(18,19)15-10-4-2-3-9-14(15)13(16)17/h2-9H,10H2,1H3,(H,16,17). The number of rotatable bonds is 3. The quantitative estimate of drug-likeness (QED) is 0.917. The summed E-state index contributed by atoms with van der Waals surface area (Å²) in [5, 5.41) is 9.79. The van der Waals surface area contributed by atoms with Crippen molar-refractivity contribution in [1.29, 1.82) is 0 Å². The highest BCUT2D eigenvalue weighted by molar-refractivity contribution is 7.89. The maximum atomic E-state index is 12.6. The van der Waals surface area contributed by atoms with Gasteiger partial charge in [0, 0.05) is 6.20 Å². The van der Waals surface area contributed by atoms with E-state index in [0.717, 1.165) is 4.41 Å². The van der Waals surface area contributed by atoms with Crippen molar-refractivity contribution >= 4 is 16.1 Å². The molecule has 1 aliphatic heterocycles. The van der Waals surface area contributed by atoms with Crippen molar-refractivity contribution in [3.63, 3.8) is 0 Å². The van der Waals surface area contributed by atoms with Gasteiger partial charge < -0.3 is 9.84 Å². The topological polar surface area (TPSA) is 87.2 Å². The number of allylic oxidation sites excluding steroid dienone is 2. The fourth-order valence-electron chi connectivity index (χ4n) is 1.77. The molecule has 0 aromatic heterocycles. The highest BCUT2D eigenvalue weighted by Gasteiger charge is 2.31. The number of nitrogens with zero attached hydrogens (tertiary/aromatic N) is 2. The summed E-state index contributed by atoms with van der Waals surface area (Å²) in [5.41, 5.74) is 0. The van der Waals surface area contributed by atoms with Crippen molar-refractivity contribution in [3.8, 4) is 5.75 Å². The minimum Gasteiger partial charge on any atom is -0.497 e. The van der Waals surface area contributed by atoms with Gasteiger partial charge in [0.25, 0.3) is 10.0 Å². The van der Waals surface area contributed by atoms with Crippen molar-refractivity contribution in [2.75, 3.05) is 13.7 Å². The smallest absolute Gasteiger partial charge is 0.427 e. The molecule has 0 fully saturated rings. The van der Waals surface area contributed by atoms with E-state index < -0.39 is 16.1 Å². The molecule has 21 heavy (non-hydrogen) atoms. The van der Waals surface area contributed by atoms with Crippen LogP contribution in [-0.4, -0.2) is 42.7 Å². The number of ether oxygens (including phenoxy) is 1. The monoisotopic (exact) mass is 310 g/mol. The van der Waals surface area contributed by atoms with E-state index in [1.807, 2.05) is 0 Å². The van der Waals surface area contributed by atoms with Crippen LogP contribution in [-0.2, 0) is 10.0 Å². The highest BCUT2D eigenvalue weighted by Crippen LogP contribution is 2.22. The van der Waals surface area contributed by atoms with E-state index in [0.29, 0.717) is 10.8 Å². The number of sulfonamides is 1. The van der Waals surface area contributed by atoms with E-state index in [1.54, 1.807) is 12.2 Å². The van der Waals surface area contributed by atoms with Crippen LogP contribution < -0.4 is 4.74 Å². The number of carboxylic acid groups (broad SMARTS) is 1. The highest BCUT2D eigenvalue weighted by atomic mass is 32.2. The summed E-state index contributed by atoms with van der Waals surface area (Å²) >= 11 is 0. The van der Waals surface area contributed by atoms with Crippen molar-refractivity contribution in [2.45, 2.75) is 4.90 Å². The van der Waals surface area contributed by atoms with Crippen LogP contribution in [0.2, 0.25) is 0 Å². The second-order valence-corrected chi connectivity index (χ2v) is 5.93. The number of hydrazine groups is 1. The van der Waals surface area contributed by atoms with Crippen LogP contribution in [0, 0.1) is 0 Å². The molecule has 0 atom stereocenters. The third-order valence-electron chi connectivity index (χ3n) is 2.81. The lowest BCUT2D eigenvalue weighted by molar-refractivity contribution is 0.0986. The van der Waals surface area contributed by atoms with Gasteiger partial charge in [-0.05, 0) is 30.3 Å². The number of benzene rings is 1. The first-order valence-corrected chi connectivity index (χ1v) is 7.43. The Hall–Kier alpha value is -2.32. The molecule has 1 aromatic carbocycles. The van der Waals surface area contributed by atoms with Crippen LogP contribution in [0.1, 0.15) is 0 Å². The molecule has 2 rings (SSSR count). The number of hydrogen-bond donors (Lipinski definition) is 1. The zero-order valence-electron chi connectivity index (χ0n) is 11.2. The molecular formula is C13H14N2O5S. The second kappa shape index (κ2) is 5.98. The third kappa shape index (κ3) is 3.06. The molecule has 0 bridgehead atoms. The molecule has 8 heteroatoms. The normalized spacial score (nSPS) is 15.8. The van der Waals surface area contributed by atoms with E-state index in [-0.39, 0.29) is 11.4 Å². The lowest BCUT2D eigenvalue weighted by Gasteiger charge is -2.27. The molecular weight excluding hydrogens is 296 g/mol. The molecule has 0 unspecified atom stereocenters. The largest absolute Gasteiger partial charge is 0.497 e. The van der Waals surface area contributed by atoms with Gasteiger partial charge >= 0.3 is 6.09 Å². The predicted molar refractivity (Wildman–Crippen MR) is 75.0 cm³/mol. The van der Waals surface area contributed by atoms with E-state index in [9.17, 15) is 13.2 Å². The summed E-state index contributed by atoms with van der Waals surface area (Å²) in [6.07, 6.45) is 4.39. The molecule has 1 heterocycles. The summed E-state index contributed by atoms with van der Waals surface area (Å²) in [5.74, 6) is 0.514. The first kappa shape index (κ1) is 15.1. The number of methoxy groups -OCH3 is 1. The summed E-state index contributed by atoms with van der Waals surface area (Å²) < 4.78 is 30.9. The van der Waals surface area contributed by atoms with Crippen LogP contribution in [0.25, 0.3) is 0 Å².